The third-order valence-corrected chi connectivity index (χ3v) is 3.37. The Hall–Kier alpha value is -1.29. The Balaban J connectivity index is 0.00000242. The molecule has 0 fully saturated rings. The normalized spacial score (nSPS) is 9.83. The zero-order valence-electron chi connectivity index (χ0n) is 11.6. The number of aromatic nitrogens is 3. The van der Waals surface area contributed by atoms with Gasteiger partial charge in [0.15, 0.2) is 0 Å². The Kier molecular flexibility index (Phi) is 9.89. The van der Waals surface area contributed by atoms with Gasteiger partial charge in [0.05, 0.1) is 10.7 Å². The highest BCUT2D eigenvalue weighted by Crippen LogP contribution is 2.32. The molecule has 0 atom stereocenters. The molecule has 23 heavy (non-hydrogen) atoms. The number of nitrogens with two attached hydrogens (primary N) is 1. The summed E-state index contributed by atoms with van der Waals surface area (Å²) in [5, 5.41) is 11.5. The summed E-state index contributed by atoms with van der Waals surface area (Å²) >= 11 is 6.88. The van der Waals surface area contributed by atoms with Crippen LogP contribution in [0.3, 0.4) is 0 Å². The number of benzene rings is 1. The van der Waals surface area contributed by atoms with Crippen LogP contribution in [0.15, 0.2) is 45.2 Å². The number of nitrogens with one attached hydrogen (secondary N) is 1. The minimum Gasteiger partial charge on any atom is -0.488 e. The van der Waals surface area contributed by atoms with E-state index in [2.05, 4.69) is 59.2 Å². The summed E-state index contributed by atoms with van der Waals surface area (Å²) in [6.07, 6.45) is 4.64. The van der Waals surface area contributed by atoms with Crippen molar-refractivity contribution in [1.29, 1.82) is 0 Å². The first-order valence-electron chi connectivity index (χ1n) is 5.78. The van der Waals surface area contributed by atoms with E-state index in [4.69, 9.17) is 10.6 Å². The van der Waals surface area contributed by atoms with Gasteiger partial charge in [-0.15, -0.1) is 35.0 Å². The second kappa shape index (κ2) is 10.5. The summed E-state index contributed by atoms with van der Waals surface area (Å²) in [4.78, 5) is 0. The molecular weight excluding hydrogens is 475 g/mol. The summed E-state index contributed by atoms with van der Waals surface area (Å²) < 4.78 is 8.55. The summed E-state index contributed by atoms with van der Waals surface area (Å²) in [5.74, 6) is 6.56. The lowest BCUT2D eigenvalue weighted by atomic mass is 10.2. The van der Waals surface area contributed by atoms with Gasteiger partial charge in [0.1, 0.15) is 18.7 Å². The van der Waals surface area contributed by atoms with Crippen LogP contribution < -0.4 is 16.0 Å². The van der Waals surface area contributed by atoms with Crippen LogP contribution in [0.1, 0.15) is 5.56 Å². The number of anilines is 1. The fraction of sp³-hybridized carbons (Fsp3) is 0.0833. The molecule has 11 heteroatoms. The molecule has 0 spiro atoms. The lowest BCUT2D eigenvalue weighted by Gasteiger charge is -2.10. The van der Waals surface area contributed by atoms with Crippen LogP contribution >= 0.6 is 56.7 Å². The number of hydrogen-bond acceptors (Lipinski definition) is 6. The number of rotatable bonds is 6. The maximum absolute atomic E-state index is 5.62. The lowest BCUT2D eigenvalue weighted by Crippen LogP contribution is -2.10. The SMILES string of the molecule is C=CCOc1c(Br)cc(Br)cc1/C=N/Nc1nncn1N.Cl.Cl. The molecule has 7 nitrogen and oxygen atoms in total. The number of halogens is 4. The molecule has 0 unspecified atom stereocenters. The van der Waals surface area contributed by atoms with Crippen LogP contribution in [-0.2, 0) is 0 Å². The third kappa shape index (κ3) is 6.02. The zero-order valence-corrected chi connectivity index (χ0v) is 16.5. The predicted molar refractivity (Wildman–Crippen MR) is 103 cm³/mol. The minimum absolute atomic E-state index is 0. The first-order chi connectivity index (χ1) is 10.1. The Morgan fingerprint density at radius 3 is 2.74 bits per heavy atom. The molecule has 1 aromatic carbocycles. The molecular formula is C12H14Br2Cl2N6O. The van der Waals surface area contributed by atoms with E-state index in [0.717, 1.165) is 14.5 Å². The van der Waals surface area contributed by atoms with Crippen molar-refractivity contribution in [2.24, 2.45) is 5.10 Å². The highest BCUT2D eigenvalue weighted by Gasteiger charge is 2.08. The van der Waals surface area contributed by atoms with Gasteiger partial charge >= 0.3 is 0 Å². The van der Waals surface area contributed by atoms with Crippen LogP contribution in [0.4, 0.5) is 5.95 Å². The Morgan fingerprint density at radius 2 is 2.13 bits per heavy atom. The molecule has 3 N–H and O–H groups in total. The summed E-state index contributed by atoms with van der Waals surface area (Å²) in [5.41, 5.74) is 3.46. The van der Waals surface area contributed by atoms with Gasteiger partial charge in [0, 0.05) is 10.0 Å². The highest BCUT2D eigenvalue weighted by atomic mass is 79.9. The maximum Gasteiger partial charge on any atom is 0.263 e. The summed E-state index contributed by atoms with van der Waals surface area (Å²) in [6, 6.07) is 3.77. The number of hydrogen-bond donors (Lipinski definition) is 2. The number of hydrazone groups is 1. The standard InChI is InChI=1S/C12H12Br2N6O.2ClH/c1-2-3-21-11-8(4-9(13)5-10(11)14)6-16-18-12-19-17-7-20(12)15;;/h2,4-7H,1,3,15H2,(H,18,19);2*1H/b16-6+;;. The van der Waals surface area contributed by atoms with Crippen molar-refractivity contribution in [2.75, 3.05) is 17.9 Å². The van der Waals surface area contributed by atoms with Crippen LogP contribution in [0.2, 0.25) is 0 Å². The lowest BCUT2D eigenvalue weighted by molar-refractivity contribution is 0.360. The highest BCUT2D eigenvalue weighted by molar-refractivity contribution is 9.11. The quantitative estimate of drug-likeness (QED) is 0.281. The second-order valence-electron chi connectivity index (χ2n) is 3.84. The van der Waals surface area contributed by atoms with Gasteiger partial charge in [-0.25, -0.2) is 10.1 Å². The fourth-order valence-electron chi connectivity index (χ4n) is 1.45. The molecule has 2 rings (SSSR count). The molecule has 0 bridgehead atoms. The van der Waals surface area contributed by atoms with Gasteiger partial charge in [0.2, 0.25) is 0 Å². The van der Waals surface area contributed by atoms with Gasteiger partial charge in [-0.05, 0) is 28.1 Å². The van der Waals surface area contributed by atoms with Crippen LogP contribution in [0.25, 0.3) is 0 Å². The van der Waals surface area contributed by atoms with E-state index in [9.17, 15) is 0 Å². The smallest absolute Gasteiger partial charge is 0.263 e. The summed E-state index contributed by atoms with van der Waals surface area (Å²) in [6.45, 7) is 4.03. The van der Waals surface area contributed by atoms with Crippen molar-refractivity contribution in [3.63, 3.8) is 0 Å². The van der Waals surface area contributed by atoms with Gasteiger partial charge in [0.25, 0.3) is 5.95 Å². The van der Waals surface area contributed by atoms with Crippen molar-refractivity contribution in [3.8, 4) is 5.75 Å². The van der Waals surface area contributed by atoms with Crippen molar-refractivity contribution < 1.29 is 4.74 Å². The molecule has 0 aliphatic rings. The van der Waals surface area contributed by atoms with Crippen molar-refractivity contribution in [1.82, 2.24) is 14.9 Å². The van der Waals surface area contributed by atoms with Crippen LogP contribution in [0, 0.1) is 0 Å². The number of ether oxygens (including phenoxy) is 1. The predicted octanol–water partition coefficient (Wildman–Crippen LogP) is 3.37. The van der Waals surface area contributed by atoms with Crippen molar-refractivity contribution in [3.05, 3.63) is 45.6 Å². The molecule has 0 amide bonds. The second-order valence-corrected chi connectivity index (χ2v) is 5.61. The summed E-state index contributed by atoms with van der Waals surface area (Å²) in [7, 11) is 0. The van der Waals surface area contributed by atoms with Crippen LogP contribution in [-0.4, -0.2) is 27.7 Å². The van der Waals surface area contributed by atoms with E-state index in [1.807, 2.05) is 12.1 Å². The molecule has 0 saturated carbocycles. The Morgan fingerprint density at radius 1 is 1.39 bits per heavy atom. The average molecular weight is 489 g/mol. The molecule has 0 aliphatic heterocycles. The van der Waals surface area contributed by atoms with Crippen molar-refractivity contribution in [2.45, 2.75) is 0 Å². The van der Waals surface area contributed by atoms with Gasteiger partial charge in [-0.3, -0.25) is 0 Å². The Bertz CT molecular complexity index is 680. The first-order valence-corrected chi connectivity index (χ1v) is 7.37. The van der Waals surface area contributed by atoms with E-state index >= 15 is 0 Å². The molecule has 0 radical (unpaired) electrons. The largest absolute Gasteiger partial charge is 0.488 e. The van der Waals surface area contributed by atoms with E-state index in [0.29, 0.717) is 18.3 Å². The average Bonchev–Trinajstić information content (AvgIpc) is 2.83. The fourth-order valence-corrected chi connectivity index (χ4v) is 2.83. The maximum atomic E-state index is 5.62. The van der Waals surface area contributed by atoms with E-state index in [1.54, 1.807) is 12.3 Å². The first kappa shape index (κ1) is 21.7. The van der Waals surface area contributed by atoms with Crippen LogP contribution in [0.5, 0.6) is 5.75 Å². The molecule has 126 valence electrons. The molecule has 2 aromatic rings. The molecule has 0 saturated heterocycles. The molecule has 1 aromatic heterocycles. The number of nitrogens with zero attached hydrogens (tertiary/aromatic N) is 4. The van der Waals surface area contributed by atoms with Gasteiger partial charge in [-0.1, -0.05) is 28.6 Å². The minimum atomic E-state index is 0. The monoisotopic (exact) mass is 486 g/mol. The zero-order chi connectivity index (χ0) is 15.2. The van der Waals surface area contributed by atoms with E-state index in [1.165, 1.54) is 11.0 Å². The van der Waals surface area contributed by atoms with E-state index in [-0.39, 0.29) is 24.8 Å². The molecule has 1 heterocycles. The topological polar surface area (TPSA) is 90.3 Å². The van der Waals surface area contributed by atoms with Crippen molar-refractivity contribution >= 4 is 68.8 Å². The number of nitrogen functional groups attached to an aromatic ring is 1. The van der Waals surface area contributed by atoms with Gasteiger partial charge < -0.3 is 10.6 Å². The Labute approximate surface area is 162 Å². The van der Waals surface area contributed by atoms with Gasteiger partial charge in [-0.2, -0.15) is 5.10 Å². The molecule has 0 aliphatic carbocycles. The van der Waals surface area contributed by atoms with E-state index < -0.39 is 0 Å². The third-order valence-electron chi connectivity index (χ3n) is 2.32.